The van der Waals surface area contributed by atoms with Crippen LogP contribution in [0.4, 0.5) is 0 Å². The molecule has 2 aliphatic heterocycles. The lowest BCUT2D eigenvalue weighted by molar-refractivity contribution is -0.188. The maximum atomic E-state index is 11.6. The minimum atomic E-state index is -0.246. The maximum absolute atomic E-state index is 11.6. The number of carbonyl (C=O) groups is 2. The molecule has 2 heterocycles. The van der Waals surface area contributed by atoms with Crippen LogP contribution >= 0.6 is 0 Å². The van der Waals surface area contributed by atoms with Crippen LogP contribution in [0.1, 0.15) is 39.0 Å². The Morgan fingerprint density at radius 2 is 1.94 bits per heavy atom. The van der Waals surface area contributed by atoms with Gasteiger partial charge in [0.2, 0.25) is 5.91 Å². The van der Waals surface area contributed by atoms with E-state index in [1.807, 2.05) is 4.90 Å². The van der Waals surface area contributed by atoms with E-state index >= 15 is 0 Å². The van der Waals surface area contributed by atoms with Crippen molar-refractivity contribution in [2.24, 2.45) is 5.92 Å². The van der Waals surface area contributed by atoms with E-state index in [4.69, 9.17) is 4.74 Å². The lowest BCUT2D eigenvalue weighted by Gasteiger charge is -2.60. The van der Waals surface area contributed by atoms with Crippen molar-refractivity contribution in [3.63, 3.8) is 0 Å². The van der Waals surface area contributed by atoms with Crippen LogP contribution in [0.15, 0.2) is 0 Å². The predicted octanol–water partition coefficient (Wildman–Crippen LogP) is 1.09. The molecule has 2 atom stereocenters. The highest BCUT2D eigenvalue weighted by Gasteiger charge is 2.56. The standard InChI is InChI=1S/C12H17NO3/c1-8(15)13-10-2-9-3-11(13)6-12(4-9,5-10)16-7-14/h7,9-11H,2-6H2,1H3. The van der Waals surface area contributed by atoms with Crippen LogP contribution in [0, 0.1) is 5.92 Å². The Morgan fingerprint density at radius 3 is 2.44 bits per heavy atom. The van der Waals surface area contributed by atoms with E-state index in [1.54, 1.807) is 6.92 Å². The summed E-state index contributed by atoms with van der Waals surface area (Å²) in [4.78, 5) is 24.2. The summed E-state index contributed by atoms with van der Waals surface area (Å²) in [6.07, 6.45) is 4.89. The molecule has 2 unspecified atom stereocenters. The number of carbonyl (C=O) groups excluding carboxylic acids is 2. The Kier molecular flexibility index (Phi) is 2.03. The molecular weight excluding hydrogens is 206 g/mol. The van der Waals surface area contributed by atoms with Gasteiger partial charge in [0.25, 0.3) is 6.47 Å². The van der Waals surface area contributed by atoms with Gasteiger partial charge in [0.1, 0.15) is 5.60 Å². The summed E-state index contributed by atoms with van der Waals surface area (Å²) in [7, 11) is 0. The molecule has 0 N–H and O–H groups in total. The molecule has 0 radical (unpaired) electrons. The van der Waals surface area contributed by atoms with Crippen LogP contribution in [-0.4, -0.2) is 35.0 Å². The highest BCUT2D eigenvalue weighted by atomic mass is 16.5. The molecule has 2 aliphatic carbocycles. The third kappa shape index (κ3) is 1.28. The fraction of sp³-hybridized carbons (Fsp3) is 0.833. The zero-order valence-corrected chi connectivity index (χ0v) is 9.52. The average molecular weight is 223 g/mol. The minimum absolute atomic E-state index is 0.176. The second kappa shape index (κ2) is 3.22. The molecule has 4 heteroatoms. The number of piperidine rings is 2. The van der Waals surface area contributed by atoms with Crippen molar-refractivity contribution in [1.29, 1.82) is 0 Å². The zero-order valence-electron chi connectivity index (χ0n) is 9.52. The van der Waals surface area contributed by atoms with E-state index < -0.39 is 0 Å². The van der Waals surface area contributed by atoms with Crippen LogP contribution in [0.2, 0.25) is 0 Å². The Morgan fingerprint density at radius 1 is 1.31 bits per heavy atom. The molecule has 4 aliphatic rings. The minimum Gasteiger partial charge on any atom is -0.461 e. The van der Waals surface area contributed by atoms with Gasteiger partial charge in [0.05, 0.1) is 0 Å². The third-order valence-electron chi connectivity index (χ3n) is 4.54. The van der Waals surface area contributed by atoms with Crippen molar-refractivity contribution < 1.29 is 14.3 Å². The van der Waals surface area contributed by atoms with Gasteiger partial charge in [-0.2, -0.15) is 0 Å². The van der Waals surface area contributed by atoms with Crippen LogP contribution in [0.3, 0.4) is 0 Å². The Bertz CT molecular complexity index is 325. The van der Waals surface area contributed by atoms with Gasteiger partial charge in [-0.05, 0) is 25.2 Å². The number of nitrogens with zero attached hydrogens (tertiary/aromatic N) is 1. The molecule has 16 heavy (non-hydrogen) atoms. The normalized spacial score (nSPS) is 44.6. The van der Waals surface area contributed by atoms with E-state index in [2.05, 4.69) is 0 Å². The molecule has 4 bridgehead atoms. The molecule has 4 rings (SSSR count). The molecule has 88 valence electrons. The molecule has 0 spiro atoms. The van der Waals surface area contributed by atoms with Gasteiger partial charge in [-0.1, -0.05) is 0 Å². The quantitative estimate of drug-likeness (QED) is 0.658. The first-order valence-electron chi connectivity index (χ1n) is 6.04. The topological polar surface area (TPSA) is 46.6 Å². The highest BCUT2D eigenvalue weighted by Crippen LogP contribution is 2.52. The van der Waals surface area contributed by atoms with E-state index in [-0.39, 0.29) is 11.5 Å². The third-order valence-corrected chi connectivity index (χ3v) is 4.54. The average Bonchev–Trinajstić information content (AvgIpc) is 2.14. The number of rotatable bonds is 2. The summed E-state index contributed by atoms with van der Waals surface area (Å²) in [5, 5.41) is 0. The van der Waals surface area contributed by atoms with Gasteiger partial charge < -0.3 is 9.64 Å². The molecule has 0 aromatic rings. The zero-order chi connectivity index (χ0) is 11.3. The highest BCUT2D eigenvalue weighted by molar-refractivity contribution is 5.74. The monoisotopic (exact) mass is 223 g/mol. The molecular formula is C12H17NO3. The number of hydrogen-bond acceptors (Lipinski definition) is 3. The van der Waals surface area contributed by atoms with Gasteiger partial charge in [0, 0.05) is 31.8 Å². The SMILES string of the molecule is CC(=O)N1C2CC3CC1CC(OC=O)(C3)C2. The van der Waals surface area contributed by atoms with Crippen LogP contribution < -0.4 is 0 Å². The molecule has 0 aromatic carbocycles. The lowest BCUT2D eigenvalue weighted by atomic mass is 9.61. The van der Waals surface area contributed by atoms with Crippen molar-refractivity contribution in [2.75, 3.05) is 0 Å². The van der Waals surface area contributed by atoms with E-state index in [0.29, 0.717) is 24.5 Å². The molecule has 2 saturated carbocycles. The first-order valence-corrected chi connectivity index (χ1v) is 6.04. The van der Waals surface area contributed by atoms with E-state index in [0.717, 1.165) is 32.1 Å². The molecule has 0 aromatic heterocycles. The number of hydrogen-bond donors (Lipinski definition) is 0. The smallest absolute Gasteiger partial charge is 0.293 e. The Hall–Kier alpha value is -1.06. The number of amides is 1. The van der Waals surface area contributed by atoms with Crippen LogP contribution in [-0.2, 0) is 14.3 Å². The molecule has 4 fully saturated rings. The van der Waals surface area contributed by atoms with Gasteiger partial charge in [-0.25, -0.2) is 0 Å². The Labute approximate surface area is 94.9 Å². The fourth-order valence-corrected chi connectivity index (χ4v) is 4.32. The van der Waals surface area contributed by atoms with Crippen LogP contribution in [0.25, 0.3) is 0 Å². The van der Waals surface area contributed by atoms with E-state index in [1.165, 1.54) is 0 Å². The largest absolute Gasteiger partial charge is 0.461 e. The molecule has 4 nitrogen and oxygen atoms in total. The van der Waals surface area contributed by atoms with E-state index in [9.17, 15) is 9.59 Å². The van der Waals surface area contributed by atoms with Gasteiger partial charge in [0.15, 0.2) is 0 Å². The van der Waals surface area contributed by atoms with Gasteiger partial charge in [-0.3, -0.25) is 9.59 Å². The first-order chi connectivity index (χ1) is 7.63. The first kappa shape index (κ1) is 10.1. The second-order valence-electron chi connectivity index (χ2n) is 5.58. The second-order valence-corrected chi connectivity index (χ2v) is 5.58. The summed E-state index contributed by atoms with van der Waals surface area (Å²) in [5.41, 5.74) is -0.246. The van der Waals surface area contributed by atoms with Crippen molar-refractivity contribution >= 4 is 12.4 Å². The summed E-state index contributed by atoms with van der Waals surface area (Å²) >= 11 is 0. The Balaban J connectivity index is 1.88. The molecule has 1 amide bonds. The summed E-state index contributed by atoms with van der Waals surface area (Å²) in [6.45, 7) is 2.24. The van der Waals surface area contributed by atoms with Crippen LogP contribution in [0.5, 0.6) is 0 Å². The van der Waals surface area contributed by atoms with Crippen molar-refractivity contribution in [3.05, 3.63) is 0 Å². The lowest BCUT2D eigenvalue weighted by Crippen LogP contribution is -2.66. The predicted molar refractivity (Wildman–Crippen MR) is 56.6 cm³/mol. The van der Waals surface area contributed by atoms with Gasteiger partial charge >= 0.3 is 0 Å². The van der Waals surface area contributed by atoms with Crippen molar-refractivity contribution in [1.82, 2.24) is 4.90 Å². The number of ether oxygens (including phenoxy) is 1. The van der Waals surface area contributed by atoms with Crippen molar-refractivity contribution in [3.8, 4) is 0 Å². The summed E-state index contributed by atoms with van der Waals surface area (Å²) < 4.78 is 5.35. The summed E-state index contributed by atoms with van der Waals surface area (Å²) in [6, 6.07) is 0.618. The fourth-order valence-electron chi connectivity index (χ4n) is 4.32. The van der Waals surface area contributed by atoms with Gasteiger partial charge in [-0.15, -0.1) is 0 Å². The summed E-state index contributed by atoms with van der Waals surface area (Å²) in [5.74, 6) is 0.822. The maximum Gasteiger partial charge on any atom is 0.293 e. The molecule has 2 saturated heterocycles. The van der Waals surface area contributed by atoms with Crippen molar-refractivity contribution in [2.45, 2.75) is 56.7 Å².